The van der Waals surface area contributed by atoms with Gasteiger partial charge in [0, 0.05) is 36.9 Å². The van der Waals surface area contributed by atoms with Crippen LogP contribution in [0.15, 0.2) is 85.4 Å². The van der Waals surface area contributed by atoms with Crippen molar-refractivity contribution in [2.75, 3.05) is 14.1 Å². The minimum Gasteiger partial charge on any atom is -0.378 e. The standard InChI is InChI=1S/C28H25FN6/c1-5-17(13-20(6-2)35(3)4)23-11-12-24-27(32-23)28(34-33-24)25-14-21-22(15-30-16-26(21)31-25)18-7-9-19(29)10-8-18/h5-16,31H,2H2,1,3-4H3,(H,33,34)/b17-5+,20-13+. The Morgan fingerprint density at radius 1 is 1.06 bits per heavy atom. The van der Waals surface area contributed by atoms with Crippen LogP contribution < -0.4 is 0 Å². The van der Waals surface area contributed by atoms with Crippen LogP contribution in [-0.2, 0) is 0 Å². The number of hydrogen-bond donors (Lipinski definition) is 2. The van der Waals surface area contributed by atoms with Gasteiger partial charge in [0.1, 0.15) is 17.0 Å². The highest BCUT2D eigenvalue weighted by Crippen LogP contribution is 2.33. The van der Waals surface area contributed by atoms with Crippen molar-refractivity contribution in [1.82, 2.24) is 30.0 Å². The predicted molar refractivity (Wildman–Crippen MR) is 140 cm³/mol. The van der Waals surface area contributed by atoms with Crippen molar-refractivity contribution >= 4 is 27.5 Å². The molecule has 0 atom stereocenters. The van der Waals surface area contributed by atoms with Gasteiger partial charge >= 0.3 is 0 Å². The van der Waals surface area contributed by atoms with Crippen LogP contribution in [-0.4, -0.2) is 44.1 Å². The Kier molecular flexibility index (Phi) is 5.74. The first-order valence-electron chi connectivity index (χ1n) is 11.2. The zero-order valence-electron chi connectivity index (χ0n) is 19.8. The maximum atomic E-state index is 13.4. The number of aromatic nitrogens is 5. The number of allylic oxidation sites excluding steroid dienone is 4. The molecular formula is C28H25FN6. The molecule has 0 aliphatic rings. The first-order chi connectivity index (χ1) is 17.0. The van der Waals surface area contributed by atoms with Gasteiger partial charge in [0.2, 0.25) is 0 Å². The molecule has 0 saturated heterocycles. The molecule has 5 aromatic rings. The van der Waals surface area contributed by atoms with Gasteiger partial charge in [-0.1, -0.05) is 24.8 Å². The molecule has 0 spiro atoms. The maximum absolute atomic E-state index is 13.4. The van der Waals surface area contributed by atoms with E-state index in [0.29, 0.717) is 0 Å². The molecule has 0 fully saturated rings. The Morgan fingerprint density at radius 2 is 1.86 bits per heavy atom. The zero-order valence-corrected chi connectivity index (χ0v) is 19.8. The van der Waals surface area contributed by atoms with E-state index in [4.69, 9.17) is 4.98 Å². The van der Waals surface area contributed by atoms with Gasteiger partial charge < -0.3 is 9.88 Å². The summed E-state index contributed by atoms with van der Waals surface area (Å²) < 4.78 is 13.4. The summed E-state index contributed by atoms with van der Waals surface area (Å²) in [6.45, 7) is 5.90. The lowest BCUT2D eigenvalue weighted by atomic mass is 10.0. The highest BCUT2D eigenvalue weighted by Gasteiger charge is 2.16. The van der Waals surface area contributed by atoms with Crippen LogP contribution in [0, 0.1) is 5.82 Å². The topological polar surface area (TPSA) is 73.5 Å². The minimum atomic E-state index is -0.269. The van der Waals surface area contributed by atoms with E-state index < -0.39 is 0 Å². The van der Waals surface area contributed by atoms with Gasteiger partial charge in [0.05, 0.1) is 28.6 Å². The van der Waals surface area contributed by atoms with Gasteiger partial charge in [-0.2, -0.15) is 5.10 Å². The Labute approximate surface area is 202 Å². The summed E-state index contributed by atoms with van der Waals surface area (Å²) in [5.74, 6) is -0.269. The quantitative estimate of drug-likeness (QED) is 0.288. The Morgan fingerprint density at radius 3 is 2.57 bits per heavy atom. The molecule has 0 aliphatic carbocycles. The van der Waals surface area contributed by atoms with E-state index >= 15 is 0 Å². The van der Waals surface area contributed by atoms with Crippen molar-refractivity contribution in [2.24, 2.45) is 0 Å². The first kappa shape index (κ1) is 22.3. The number of benzene rings is 1. The van der Waals surface area contributed by atoms with Crippen LogP contribution in [0.2, 0.25) is 0 Å². The molecule has 6 nitrogen and oxygen atoms in total. The van der Waals surface area contributed by atoms with E-state index in [0.717, 1.165) is 61.4 Å². The van der Waals surface area contributed by atoms with Crippen molar-refractivity contribution < 1.29 is 4.39 Å². The van der Waals surface area contributed by atoms with Gasteiger partial charge in [-0.3, -0.25) is 10.1 Å². The number of nitrogens with one attached hydrogen (secondary N) is 2. The summed E-state index contributed by atoms with van der Waals surface area (Å²) in [6.07, 6.45) is 9.48. The number of fused-ring (bicyclic) bond motifs is 2. The van der Waals surface area contributed by atoms with Gasteiger partial charge in [-0.15, -0.1) is 0 Å². The van der Waals surface area contributed by atoms with Crippen molar-refractivity contribution in [3.63, 3.8) is 0 Å². The summed E-state index contributed by atoms with van der Waals surface area (Å²) in [4.78, 5) is 14.8. The van der Waals surface area contributed by atoms with Crippen molar-refractivity contribution in [2.45, 2.75) is 6.92 Å². The molecule has 0 aliphatic heterocycles. The molecule has 5 rings (SSSR count). The van der Waals surface area contributed by atoms with Gasteiger partial charge in [0.15, 0.2) is 0 Å². The minimum absolute atomic E-state index is 0.269. The molecule has 4 aromatic heterocycles. The number of likely N-dealkylation sites (N-methyl/N-ethyl adjacent to an activating group) is 1. The average molecular weight is 465 g/mol. The molecule has 2 N–H and O–H groups in total. The second-order valence-electron chi connectivity index (χ2n) is 8.41. The number of nitrogens with zero attached hydrogens (tertiary/aromatic N) is 4. The Bertz CT molecular complexity index is 1600. The molecule has 0 saturated carbocycles. The number of halogens is 1. The predicted octanol–water partition coefficient (Wildman–Crippen LogP) is 6.34. The zero-order chi connectivity index (χ0) is 24.5. The number of rotatable bonds is 6. The largest absolute Gasteiger partial charge is 0.378 e. The van der Waals surface area contributed by atoms with Crippen molar-refractivity contribution in [3.8, 4) is 22.5 Å². The average Bonchev–Trinajstić information content (AvgIpc) is 3.48. The summed E-state index contributed by atoms with van der Waals surface area (Å²) in [6, 6.07) is 12.4. The fraction of sp³-hybridized carbons (Fsp3) is 0.107. The van der Waals surface area contributed by atoms with E-state index in [-0.39, 0.29) is 5.82 Å². The smallest absolute Gasteiger partial charge is 0.135 e. The van der Waals surface area contributed by atoms with Crippen molar-refractivity contribution in [3.05, 3.63) is 96.9 Å². The molecule has 0 unspecified atom stereocenters. The molecule has 7 heteroatoms. The van der Waals surface area contributed by atoms with E-state index in [2.05, 4.69) is 32.8 Å². The van der Waals surface area contributed by atoms with Crippen LogP contribution in [0.3, 0.4) is 0 Å². The SMILES string of the molecule is C=C/C(=C\C(=C/C)c1ccc2[nH]nc(-c3cc4c(-c5ccc(F)cc5)cncc4[nH]3)c2n1)N(C)C. The van der Waals surface area contributed by atoms with Crippen LogP contribution in [0.25, 0.3) is 50.0 Å². The summed E-state index contributed by atoms with van der Waals surface area (Å²) in [7, 11) is 3.97. The summed E-state index contributed by atoms with van der Waals surface area (Å²) in [5.41, 5.74) is 8.65. The number of H-pyrrole nitrogens is 2. The highest BCUT2D eigenvalue weighted by molar-refractivity contribution is 6.00. The number of pyridine rings is 2. The maximum Gasteiger partial charge on any atom is 0.135 e. The van der Waals surface area contributed by atoms with Gasteiger partial charge in [-0.25, -0.2) is 9.37 Å². The second-order valence-corrected chi connectivity index (χ2v) is 8.41. The van der Waals surface area contributed by atoms with Gasteiger partial charge in [-0.05, 0) is 60.5 Å². The van der Waals surface area contributed by atoms with Crippen LogP contribution in [0.4, 0.5) is 4.39 Å². The van der Waals surface area contributed by atoms with Crippen molar-refractivity contribution in [1.29, 1.82) is 0 Å². The molecule has 0 amide bonds. The lowest BCUT2D eigenvalue weighted by molar-refractivity contribution is 0.530. The van der Waals surface area contributed by atoms with Crippen LogP contribution in [0.5, 0.6) is 0 Å². The van der Waals surface area contributed by atoms with E-state index in [9.17, 15) is 4.39 Å². The molecule has 0 bridgehead atoms. The molecule has 174 valence electrons. The van der Waals surface area contributed by atoms with Crippen LogP contribution in [0.1, 0.15) is 12.6 Å². The van der Waals surface area contributed by atoms with E-state index in [1.165, 1.54) is 12.1 Å². The second kappa shape index (κ2) is 9.02. The first-order valence-corrected chi connectivity index (χ1v) is 11.2. The molecule has 35 heavy (non-hydrogen) atoms. The third-order valence-electron chi connectivity index (χ3n) is 6.00. The normalized spacial score (nSPS) is 12.5. The molecule has 4 heterocycles. The Hall–Kier alpha value is -4.52. The monoisotopic (exact) mass is 464 g/mol. The number of aromatic amines is 2. The fourth-order valence-corrected chi connectivity index (χ4v) is 4.12. The molecule has 0 radical (unpaired) electrons. The third-order valence-corrected chi connectivity index (χ3v) is 6.00. The van der Waals surface area contributed by atoms with E-state index in [1.54, 1.807) is 24.5 Å². The summed E-state index contributed by atoms with van der Waals surface area (Å²) in [5, 5.41) is 8.63. The molecule has 1 aromatic carbocycles. The summed E-state index contributed by atoms with van der Waals surface area (Å²) >= 11 is 0. The lowest BCUT2D eigenvalue weighted by Gasteiger charge is -2.14. The van der Waals surface area contributed by atoms with Crippen LogP contribution >= 0.6 is 0 Å². The lowest BCUT2D eigenvalue weighted by Crippen LogP contribution is -2.09. The highest BCUT2D eigenvalue weighted by atomic mass is 19.1. The van der Waals surface area contributed by atoms with E-state index in [1.807, 2.05) is 56.3 Å². The number of hydrogen-bond acceptors (Lipinski definition) is 4. The van der Waals surface area contributed by atoms with Gasteiger partial charge in [0.25, 0.3) is 0 Å². The third kappa shape index (κ3) is 4.12. The Balaban J connectivity index is 1.61. The molecular weight excluding hydrogens is 439 g/mol. The fourth-order valence-electron chi connectivity index (χ4n) is 4.12.